The number of aliphatic carboxylic acids is 1. The maximum atomic E-state index is 13.5. The summed E-state index contributed by atoms with van der Waals surface area (Å²) in [5.41, 5.74) is 4.47. The van der Waals surface area contributed by atoms with Crippen LogP contribution in [-0.4, -0.2) is 21.6 Å². The fourth-order valence-corrected chi connectivity index (χ4v) is 4.76. The summed E-state index contributed by atoms with van der Waals surface area (Å²) in [4.78, 5) is 25.3. The first-order valence-corrected chi connectivity index (χ1v) is 11.6. The Kier molecular flexibility index (Phi) is 6.02. The molecule has 6 nitrogen and oxygen atoms in total. The second kappa shape index (κ2) is 9.28. The minimum absolute atomic E-state index is 0.173. The predicted molar refractivity (Wildman–Crippen MR) is 132 cm³/mol. The first kappa shape index (κ1) is 22.7. The van der Waals surface area contributed by atoms with Gasteiger partial charge in [-0.15, -0.1) is 0 Å². The highest BCUT2D eigenvalue weighted by Crippen LogP contribution is 2.37. The topological polar surface area (TPSA) is 92.3 Å². The number of hydrogen-bond acceptors (Lipinski definition) is 4. The lowest BCUT2D eigenvalue weighted by atomic mass is 9.86. The molecule has 1 aromatic heterocycles. The van der Waals surface area contributed by atoms with Gasteiger partial charge in [0.05, 0.1) is 23.1 Å². The third kappa shape index (κ3) is 4.39. The van der Waals surface area contributed by atoms with Gasteiger partial charge in [-0.2, -0.15) is 5.26 Å². The van der Waals surface area contributed by atoms with Crippen molar-refractivity contribution < 1.29 is 19.4 Å². The fourth-order valence-electron chi connectivity index (χ4n) is 4.63. The Hall–Kier alpha value is -4.08. The molecule has 0 saturated carbocycles. The van der Waals surface area contributed by atoms with Crippen LogP contribution < -0.4 is 4.74 Å². The average molecular weight is 485 g/mol. The molecule has 35 heavy (non-hydrogen) atoms. The number of nitrogens with zero attached hydrogens (tertiary/aromatic N) is 2. The van der Waals surface area contributed by atoms with Crippen LogP contribution in [0.4, 0.5) is 0 Å². The third-order valence-corrected chi connectivity index (χ3v) is 6.72. The molecule has 4 aromatic rings. The van der Waals surface area contributed by atoms with Crippen molar-refractivity contribution in [1.82, 2.24) is 4.57 Å². The highest BCUT2D eigenvalue weighted by atomic mass is 35.5. The van der Waals surface area contributed by atoms with Crippen LogP contribution in [0.15, 0.2) is 66.7 Å². The summed E-state index contributed by atoms with van der Waals surface area (Å²) in [5.74, 6) is -0.865. The quantitative estimate of drug-likeness (QED) is 0.396. The van der Waals surface area contributed by atoms with E-state index in [1.807, 2.05) is 30.3 Å². The second-order valence-corrected chi connectivity index (χ2v) is 9.06. The van der Waals surface area contributed by atoms with Crippen LogP contribution in [0.1, 0.15) is 39.2 Å². The maximum absolute atomic E-state index is 13.5. The van der Waals surface area contributed by atoms with Gasteiger partial charge < -0.3 is 9.84 Å². The number of hydrogen-bond donors (Lipinski definition) is 1. The summed E-state index contributed by atoms with van der Waals surface area (Å²) < 4.78 is 7.70. The van der Waals surface area contributed by atoms with E-state index in [0.29, 0.717) is 47.8 Å². The highest BCUT2D eigenvalue weighted by molar-refractivity contribution is 6.30. The van der Waals surface area contributed by atoms with Crippen LogP contribution in [0.25, 0.3) is 10.9 Å². The van der Waals surface area contributed by atoms with Gasteiger partial charge in [0.1, 0.15) is 12.4 Å². The number of halogens is 1. The molecule has 1 N–H and O–H groups in total. The molecule has 0 spiro atoms. The molecular weight excluding hydrogens is 464 g/mol. The van der Waals surface area contributed by atoms with E-state index in [1.165, 1.54) is 0 Å². The summed E-state index contributed by atoms with van der Waals surface area (Å²) in [6.45, 7) is 0.321. The molecule has 1 aliphatic rings. The molecule has 1 aliphatic carbocycles. The van der Waals surface area contributed by atoms with E-state index in [0.717, 1.165) is 27.7 Å². The summed E-state index contributed by atoms with van der Waals surface area (Å²) in [7, 11) is 0. The minimum Gasteiger partial charge on any atom is -0.489 e. The second-order valence-electron chi connectivity index (χ2n) is 8.63. The van der Waals surface area contributed by atoms with Gasteiger partial charge in [0.15, 0.2) is 0 Å². The number of fused-ring (bicyclic) bond motifs is 3. The molecule has 7 heteroatoms. The number of carbonyl (C=O) groups excluding carboxylic acids is 1. The molecule has 0 radical (unpaired) electrons. The summed E-state index contributed by atoms with van der Waals surface area (Å²) in [6.07, 6.45) is 1.34. The SMILES string of the molecule is N#Cc1ccc(COc2ccc3c(c2)c2c(n3C(=O)c3ccc(Cl)cc3)CCC(C(=O)O)C2)cc1. The molecule has 1 atom stereocenters. The molecule has 174 valence electrons. The molecule has 0 fully saturated rings. The number of benzene rings is 3. The molecule has 0 saturated heterocycles. The van der Waals surface area contributed by atoms with Crippen LogP contribution in [0, 0.1) is 17.2 Å². The number of carboxylic acid groups (broad SMARTS) is 1. The van der Waals surface area contributed by atoms with Crippen LogP contribution in [-0.2, 0) is 24.2 Å². The Morgan fingerprint density at radius 1 is 1.09 bits per heavy atom. The average Bonchev–Trinajstić information content (AvgIpc) is 3.20. The van der Waals surface area contributed by atoms with Gasteiger partial charge in [0.25, 0.3) is 5.91 Å². The summed E-state index contributed by atoms with van der Waals surface area (Å²) >= 11 is 6.00. The van der Waals surface area contributed by atoms with Gasteiger partial charge >= 0.3 is 5.97 Å². The Morgan fingerprint density at radius 2 is 1.83 bits per heavy atom. The lowest BCUT2D eigenvalue weighted by molar-refractivity contribution is -0.142. The number of carbonyl (C=O) groups is 2. The molecular formula is C28H21ClN2O4. The van der Waals surface area contributed by atoms with E-state index in [9.17, 15) is 14.7 Å². The molecule has 5 rings (SSSR count). The van der Waals surface area contributed by atoms with Crippen LogP contribution in [0.3, 0.4) is 0 Å². The van der Waals surface area contributed by atoms with E-state index in [1.54, 1.807) is 41.0 Å². The molecule has 0 amide bonds. The lowest BCUT2D eigenvalue weighted by Gasteiger charge is -2.20. The first-order chi connectivity index (χ1) is 16.9. The van der Waals surface area contributed by atoms with Gasteiger partial charge in [0, 0.05) is 21.7 Å². The fraction of sp³-hybridized carbons (Fsp3) is 0.179. The van der Waals surface area contributed by atoms with Crippen molar-refractivity contribution in [1.29, 1.82) is 5.26 Å². The Bertz CT molecular complexity index is 1480. The number of aromatic nitrogens is 1. The zero-order valence-electron chi connectivity index (χ0n) is 18.7. The van der Waals surface area contributed by atoms with Crippen LogP contribution in [0.2, 0.25) is 5.02 Å². The highest BCUT2D eigenvalue weighted by Gasteiger charge is 2.31. The molecule has 1 heterocycles. The number of carboxylic acids is 1. The first-order valence-electron chi connectivity index (χ1n) is 11.3. The van der Waals surface area contributed by atoms with Crippen LogP contribution >= 0.6 is 11.6 Å². The van der Waals surface area contributed by atoms with E-state index in [-0.39, 0.29) is 5.91 Å². The van der Waals surface area contributed by atoms with Gasteiger partial charge in [-0.25, -0.2) is 0 Å². The Labute approximate surface area is 206 Å². The normalized spacial score (nSPS) is 14.8. The van der Waals surface area contributed by atoms with Gasteiger partial charge in [-0.05, 0) is 85.0 Å². The molecule has 1 unspecified atom stereocenters. The van der Waals surface area contributed by atoms with E-state index in [4.69, 9.17) is 21.6 Å². The third-order valence-electron chi connectivity index (χ3n) is 6.46. The number of rotatable bonds is 5. The largest absolute Gasteiger partial charge is 0.489 e. The predicted octanol–water partition coefficient (Wildman–Crippen LogP) is 5.62. The van der Waals surface area contributed by atoms with E-state index < -0.39 is 11.9 Å². The van der Waals surface area contributed by atoms with Gasteiger partial charge in [-0.1, -0.05) is 23.7 Å². The zero-order valence-corrected chi connectivity index (χ0v) is 19.5. The van der Waals surface area contributed by atoms with Gasteiger partial charge in [0.2, 0.25) is 0 Å². The van der Waals surface area contributed by atoms with Crippen LogP contribution in [0.5, 0.6) is 5.75 Å². The van der Waals surface area contributed by atoms with Crippen molar-refractivity contribution in [2.45, 2.75) is 25.9 Å². The van der Waals surface area contributed by atoms with Crippen molar-refractivity contribution in [2.75, 3.05) is 0 Å². The van der Waals surface area contributed by atoms with Crippen molar-refractivity contribution in [3.05, 3.63) is 99.7 Å². The monoisotopic (exact) mass is 484 g/mol. The van der Waals surface area contributed by atoms with Crippen molar-refractivity contribution in [2.24, 2.45) is 5.92 Å². The zero-order chi connectivity index (χ0) is 24.5. The number of nitriles is 1. The molecule has 3 aromatic carbocycles. The molecule has 0 bridgehead atoms. The Morgan fingerprint density at radius 3 is 2.51 bits per heavy atom. The minimum atomic E-state index is -0.825. The Balaban J connectivity index is 1.53. The number of ether oxygens (including phenoxy) is 1. The summed E-state index contributed by atoms with van der Waals surface area (Å²) in [6, 6.07) is 21.6. The standard InChI is InChI=1S/C28H21ClN2O4/c29-21-8-5-19(6-9-21)27(32)31-25-11-7-20(28(33)34)13-23(25)24-14-22(10-12-26(24)31)35-16-18-3-1-17(15-30)2-4-18/h1-6,8-10,12,14,20H,7,11,13,16H2,(H,33,34). The van der Waals surface area contributed by atoms with E-state index in [2.05, 4.69) is 6.07 Å². The summed E-state index contributed by atoms with van der Waals surface area (Å²) in [5, 5.41) is 20.0. The van der Waals surface area contributed by atoms with Gasteiger partial charge in [-0.3, -0.25) is 14.2 Å². The van der Waals surface area contributed by atoms with Crippen molar-refractivity contribution in [3.8, 4) is 11.8 Å². The molecule has 0 aliphatic heterocycles. The van der Waals surface area contributed by atoms with Crippen molar-refractivity contribution >= 4 is 34.4 Å². The smallest absolute Gasteiger partial charge is 0.306 e. The van der Waals surface area contributed by atoms with Crippen molar-refractivity contribution in [3.63, 3.8) is 0 Å². The maximum Gasteiger partial charge on any atom is 0.306 e. The lowest BCUT2D eigenvalue weighted by Crippen LogP contribution is -2.24. The van der Waals surface area contributed by atoms with E-state index >= 15 is 0 Å².